The molecule has 0 atom stereocenters. The summed E-state index contributed by atoms with van der Waals surface area (Å²) in [5.41, 5.74) is 0. The van der Waals surface area contributed by atoms with E-state index in [1.165, 1.54) is 7.11 Å². The normalized spacial score (nSPS) is 30.6. The van der Waals surface area contributed by atoms with Crippen molar-refractivity contribution in [3.63, 3.8) is 0 Å². The van der Waals surface area contributed by atoms with Crippen LogP contribution in [0.25, 0.3) is 0 Å². The molecule has 17 heavy (non-hydrogen) atoms. The minimum atomic E-state index is -3.17. The molecule has 1 aliphatic carbocycles. The lowest BCUT2D eigenvalue weighted by Crippen LogP contribution is -2.48. The number of sulfonamides is 1. The van der Waals surface area contributed by atoms with Gasteiger partial charge in [-0.05, 0) is 25.7 Å². The largest absolute Gasteiger partial charge is 0.469 e. The molecular weight excluding hydrogens is 242 g/mol. The number of hydrogen-bond acceptors (Lipinski definition) is 4. The van der Waals surface area contributed by atoms with Crippen molar-refractivity contribution >= 4 is 16.0 Å². The quantitative estimate of drug-likeness (QED) is 0.703. The zero-order valence-corrected chi connectivity index (χ0v) is 10.9. The number of esters is 1. The van der Waals surface area contributed by atoms with Crippen LogP contribution >= 0.6 is 0 Å². The second-order valence-electron chi connectivity index (χ2n) is 4.82. The Labute approximate surface area is 102 Å². The van der Waals surface area contributed by atoms with Crippen molar-refractivity contribution < 1.29 is 17.9 Å². The van der Waals surface area contributed by atoms with Crippen LogP contribution in [0.1, 0.15) is 32.1 Å². The summed E-state index contributed by atoms with van der Waals surface area (Å²) in [6, 6.07) is 0. The van der Waals surface area contributed by atoms with Gasteiger partial charge in [0, 0.05) is 13.1 Å². The van der Waals surface area contributed by atoms with Crippen LogP contribution in [-0.4, -0.2) is 44.1 Å². The van der Waals surface area contributed by atoms with E-state index >= 15 is 0 Å². The summed E-state index contributed by atoms with van der Waals surface area (Å²) in [5, 5.41) is -0.371. The van der Waals surface area contributed by atoms with E-state index in [2.05, 4.69) is 4.74 Å². The first-order valence-electron chi connectivity index (χ1n) is 6.12. The smallest absolute Gasteiger partial charge is 0.308 e. The van der Waals surface area contributed by atoms with E-state index in [4.69, 9.17) is 0 Å². The van der Waals surface area contributed by atoms with Crippen LogP contribution in [0.2, 0.25) is 0 Å². The number of nitrogens with zero attached hydrogens (tertiary/aromatic N) is 1. The molecule has 6 heteroatoms. The average Bonchev–Trinajstić information content (AvgIpc) is 2.27. The molecule has 0 unspecified atom stereocenters. The summed E-state index contributed by atoms with van der Waals surface area (Å²) < 4.78 is 30.6. The molecule has 1 saturated heterocycles. The lowest BCUT2D eigenvalue weighted by Gasteiger charge is -2.37. The number of hydrogen-bond donors (Lipinski definition) is 0. The first-order chi connectivity index (χ1) is 8.05. The van der Waals surface area contributed by atoms with Crippen molar-refractivity contribution in [2.45, 2.75) is 37.4 Å². The van der Waals surface area contributed by atoms with Crippen molar-refractivity contribution in [2.75, 3.05) is 20.2 Å². The first-order valence-corrected chi connectivity index (χ1v) is 7.63. The third kappa shape index (κ3) is 2.47. The summed E-state index contributed by atoms with van der Waals surface area (Å²) in [6.45, 7) is 1.28. The maximum atomic E-state index is 12.2. The fraction of sp³-hybridized carbons (Fsp3) is 0.909. The van der Waals surface area contributed by atoms with E-state index in [1.807, 2.05) is 0 Å². The molecule has 2 aliphatic rings. The predicted octanol–water partition coefficient (Wildman–Crippen LogP) is 0.754. The molecule has 1 aliphatic heterocycles. The highest BCUT2D eigenvalue weighted by atomic mass is 32.2. The summed E-state index contributed by atoms with van der Waals surface area (Å²) in [6.07, 6.45) is 3.86. The van der Waals surface area contributed by atoms with E-state index in [9.17, 15) is 13.2 Å². The van der Waals surface area contributed by atoms with Gasteiger partial charge < -0.3 is 4.74 Å². The Bertz CT molecular complexity index is 380. The molecule has 5 nitrogen and oxygen atoms in total. The summed E-state index contributed by atoms with van der Waals surface area (Å²) in [4.78, 5) is 11.2. The fourth-order valence-corrected chi connectivity index (χ4v) is 4.64. The van der Waals surface area contributed by atoms with Crippen LogP contribution < -0.4 is 0 Å². The van der Waals surface area contributed by atoms with E-state index in [0.717, 1.165) is 19.3 Å². The molecule has 0 bridgehead atoms. The lowest BCUT2D eigenvalue weighted by atomic mass is 9.85. The van der Waals surface area contributed by atoms with Crippen molar-refractivity contribution in [1.82, 2.24) is 4.31 Å². The number of ether oxygens (including phenoxy) is 1. The van der Waals surface area contributed by atoms with Gasteiger partial charge in [-0.2, -0.15) is 0 Å². The first kappa shape index (κ1) is 12.8. The molecule has 0 aromatic rings. The zero-order chi connectivity index (χ0) is 12.5. The second-order valence-corrected chi connectivity index (χ2v) is 7.03. The standard InChI is InChI=1S/C11H19NO4S/c1-16-11(13)9-7-10(8-9)17(14,15)12-5-3-2-4-6-12/h9-10H,2-8H2,1H3. The van der Waals surface area contributed by atoms with E-state index in [0.29, 0.717) is 25.9 Å². The van der Waals surface area contributed by atoms with Crippen LogP contribution in [-0.2, 0) is 19.6 Å². The van der Waals surface area contributed by atoms with Crippen LogP contribution in [0.15, 0.2) is 0 Å². The third-order valence-corrected chi connectivity index (χ3v) is 6.04. The Balaban J connectivity index is 1.92. The number of rotatable bonds is 3. The van der Waals surface area contributed by atoms with Gasteiger partial charge in [0.2, 0.25) is 10.0 Å². The Kier molecular flexibility index (Phi) is 3.73. The second kappa shape index (κ2) is 4.94. The molecular formula is C11H19NO4S. The van der Waals surface area contributed by atoms with Gasteiger partial charge in [0.15, 0.2) is 0 Å². The van der Waals surface area contributed by atoms with Crippen LogP contribution in [0.3, 0.4) is 0 Å². The van der Waals surface area contributed by atoms with Crippen molar-refractivity contribution in [3.8, 4) is 0 Å². The maximum absolute atomic E-state index is 12.2. The molecule has 98 valence electrons. The highest BCUT2D eigenvalue weighted by Crippen LogP contribution is 2.36. The molecule has 0 N–H and O–H groups in total. The molecule has 0 aromatic carbocycles. The fourth-order valence-electron chi connectivity index (χ4n) is 2.50. The van der Waals surface area contributed by atoms with Crippen molar-refractivity contribution in [1.29, 1.82) is 0 Å². The molecule has 1 saturated carbocycles. The molecule has 1 heterocycles. The Morgan fingerprint density at radius 1 is 1.18 bits per heavy atom. The van der Waals surface area contributed by atoms with Gasteiger partial charge in [-0.3, -0.25) is 4.79 Å². The number of piperidine rings is 1. The number of methoxy groups -OCH3 is 1. The minimum Gasteiger partial charge on any atom is -0.469 e. The van der Waals surface area contributed by atoms with Gasteiger partial charge in [0.1, 0.15) is 0 Å². The van der Waals surface area contributed by atoms with E-state index in [1.54, 1.807) is 4.31 Å². The summed E-state index contributed by atoms with van der Waals surface area (Å²) >= 11 is 0. The van der Waals surface area contributed by atoms with Gasteiger partial charge in [-0.25, -0.2) is 12.7 Å². The van der Waals surface area contributed by atoms with Gasteiger partial charge >= 0.3 is 5.97 Å². The highest BCUT2D eigenvalue weighted by molar-refractivity contribution is 7.89. The summed E-state index contributed by atoms with van der Waals surface area (Å²) in [5.74, 6) is -0.500. The SMILES string of the molecule is COC(=O)C1CC(S(=O)(=O)N2CCCCC2)C1. The molecule has 0 aromatic heterocycles. The molecule has 2 fully saturated rings. The van der Waals surface area contributed by atoms with Gasteiger partial charge in [0.05, 0.1) is 18.3 Å². The molecule has 0 amide bonds. The number of carbonyl (C=O) groups excluding carboxylic acids is 1. The van der Waals surface area contributed by atoms with Crippen LogP contribution in [0.5, 0.6) is 0 Å². The van der Waals surface area contributed by atoms with Crippen LogP contribution in [0, 0.1) is 5.92 Å². The Morgan fingerprint density at radius 3 is 2.29 bits per heavy atom. The van der Waals surface area contributed by atoms with Gasteiger partial charge in [-0.15, -0.1) is 0 Å². The molecule has 0 spiro atoms. The Morgan fingerprint density at radius 2 is 1.76 bits per heavy atom. The topological polar surface area (TPSA) is 63.7 Å². The highest BCUT2D eigenvalue weighted by Gasteiger charge is 2.45. The van der Waals surface area contributed by atoms with Crippen LogP contribution in [0.4, 0.5) is 0 Å². The van der Waals surface area contributed by atoms with E-state index in [-0.39, 0.29) is 17.1 Å². The molecule has 0 radical (unpaired) electrons. The number of carbonyl (C=O) groups is 1. The van der Waals surface area contributed by atoms with Crippen molar-refractivity contribution in [3.05, 3.63) is 0 Å². The van der Waals surface area contributed by atoms with Gasteiger partial charge in [0.25, 0.3) is 0 Å². The monoisotopic (exact) mass is 261 g/mol. The summed E-state index contributed by atoms with van der Waals surface area (Å²) in [7, 11) is -1.83. The predicted molar refractivity (Wildman–Crippen MR) is 62.9 cm³/mol. The van der Waals surface area contributed by atoms with E-state index < -0.39 is 10.0 Å². The van der Waals surface area contributed by atoms with Crippen molar-refractivity contribution in [2.24, 2.45) is 5.92 Å². The average molecular weight is 261 g/mol. The zero-order valence-electron chi connectivity index (χ0n) is 10.1. The third-order valence-electron chi connectivity index (χ3n) is 3.73. The van der Waals surface area contributed by atoms with Gasteiger partial charge in [-0.1, -0.05) is 6.42 Å². The Hall–Kier alpha value is -0.620. The minimum absolute atomic E-state index is 0.218. The maximum Gasteiger partial charge on any atom is 0.308 e. The lowest BCUT2D eigenvalue weighted by molar-refractivity contribution is -0.148. The molecule has 2 rings (SSSR count).